The number of hydrogen-bond donors (Lipinski definition) is 2. The van der Waals surface area contributed by atoms with Gasteiger partial charge in [0.05, 0.1) is 10.5 Å². The van der Waals surface area contributed by atoms with Crippen molar-refractivity contribution in [3.63, 3.8) is 0 Å². The highest BCUT2D eigenvalue weighted by molar-refractivity contribution is 8.26. The molecule has 24 heavy (non-hydrogen) atoms. The minimum Gasteiger partial charge on any atom is -0.480 e. The summed E-state index contributed by atoms with van der Waals surface area (Å²) in [7, 11) is 0. The van der Waals surface area contributed by atoms with Crippen LogP contribution in [0.5, 0.6) is 0 Å². The van der Waals surface area contributed by atoms with Gasteiger partial charge in [0.1, 0.15) is 10.4 Å². The number of thioether (sulfide) groups is 1. The lowest BCUT2D eigenvalue weighted by Crippen LogP contribution is -2.47. The highest BCUT2D eigenvalue weighted by Gasteiger charge is 2.41. The predicted octanol–water partition coefficient (Wildman–Crippen LogP) is 2.70. The fourth-order valence-corrected chi connectivity index (χ4v) is 3.62. The Labute approximate surface area is 148 Å². The molecule has 1 saturated heterocycles. The average Bonchev–Trinajstić information content (AvgIpc) is 2.75. The summed E-state index contributed by atoms with van der Waals surface area (Å²) < 4.78 is 0.203. The van der Waals surface area contributed by atoms with Gasteiger partial charge in [0.25, 0.3) is 5.91 Å². The summed E-state index contributed by atoms with van der Waals surface area (Å²) >= 11 is 6.21. The van der Waals surface area contributed by atoms with Gasteiger partial charge in [0.15, 0.2) is 0 Å². The molecule has 1 aromatic rings. The minimum absolute atomic E-state index is 0.144. The van der Waals surface area contributed by atoms with Crippen LogP contribution in [-0.4, -0.2) is 43.3 Å². The minimum atomic E-state index is -1.10. The van der Waals surface area contributed by atoms with E-state index in [1.165, 1.54) is 12.1 Å². The third kappa shape index (κ3) is 3.65. The zero-order chi connectivity index (χ0) is 18.0. The van der Waals surface area contributed by atoms with Crippen LogP contribution in [0.15, 0.2) is 29.2 Å². The molecule has 2 rings (SSSR count). The number of thiocarbonyl (C=S) groups is 1. The second-order valence-electron chi connectivity index (χ2n) is 5.51. The van der Waals surface area contributed by atoms with E-state index >= 15 is 0 Å². The lowest BCUT2D eigenvalue weighted by Gasteiger charge is -2.26. The van der Waals surface area contributed by atoms with E-state index in [0.717, 1.165) is 16.7 Å². The van der Waals surface area contributed by atoms with E-state index < -0.39 is 23.9 Å². The Morgan fingerprint density at radius 1 is 1.21 bits per heavy atom. The molecule has 1 unspecified atom stereocenters. The largest absolute Gasteiger partial charge is 0.480 e. The number of aliphatic carboxylic acids is 1. The van der Waals surface area contributed by atoms with Crippen molar-refractivity contribution in [1.82, 2.24) is 4.90 Å². The summed E-state index contributed by atoms with van der Waals surface area (Å²) in [6.45, 7) is 3.43. The monoisotopic (exact) mass is 365 g/mol. The topological polar surface area (TPSA) is 94.9 Å². The second-order valence-corrected chi connectivity index (χ2v) is 7.18. The Morgan fingerprint density at radius 2 is 1.79 bits per heavy atom. The van der Waals surface area contributed by atoms with Crippen LogP contribution in [0, 0.1) is 5.92 Å². The Kier molecular flexibility index (Phi) is 5.40. The molecule has 1 aromatic carbocycles. The molecule has 2 N–H and O–H groups in total. The predicted molar refractivity (Wildman–Crippen MR) is 94.7 cm³/mol. The zero-order valence-corrected chi connectivity index (χ0v) is 14.6. The lowest BCUT2D eigenvalue weighted by atomic mass is 10.0. The molecule has 0 bridgehead atoms. The maximum Gasteiger partial charge on any atom is 0.335 e. The molecule has 1 atom stereocenters. The number of carbonyl (C=O) groups is 3. The van der Waals surface area contributed by atoms with E-state index in [4.69, 9.17) is 17.3 Å². The first-order chi connectivity index (χ1) is 11.2. The van der Waals surface area contributed by atoms with Crippen molar-refractivity contribution >= 4 is 52.2 Å². The average molecular weight is 365 g/mol. The molecule has 126 valence electrons. The number of nitrogens with zero attached hydrogens (tertiary/aromatic N) is 1. The molecule has 1 heterocycles. The Bertz CT molecular complexity index is 739. The van der Waals surface area contributed by atoms with Crippen LogP contribution < -0.4 is 0 Å². The Hall–Kier alpha value is -2.19. The van der Waals surface area contributed by atoms with Crippen molar-refractivity contribution < 1.29 is 24.6 Å². The first-order valence-electron chi connectivity index (χ1n) is 7.05. The molecular formula is C16H15NO5S2. The maximum absolute atomic E-state index is 12.5. The molecule has 0 radical (unpaired) electrons. The van der Waals surface area contributed by atoms with E-state index in [0.29, 0.717) is 10.5 Å². The summed E-state index contributed by atoms with van der Waals surface area (Å²) in [6, 6.07) is 5.00. The normalized spacial score (nSPS) is 17.6. The molecule has 8 heteroatoms. The summed E-state index contributed by atoms with van der Waals surface area (Å²) in [6.07, 6.45) is 1.57. The van der Waals surface area contributed by atoms with Crippen LogP contribution in [0.3, 0.4) is 0 Å². The smallest absolute Gasteiger partial charge is 0.335 e. The van der Waals surface area contributed by atoms with Crippen LogP contribution in [-0.2, 0) is 9.59 Å². The molecule has 1 aliphatic heterocycles. The first-order valence-corrected chi connectivity index (χ1v) is 8.28. The van der Waals surface area contributed by atoms with Crippen molar-refractivity contribution in [1.29, 1.82) is 0 Å². The van der Waals surface area contributed by atoms with Crippen LogP contribution in [0.4, 0.5) is 0 Å². The number of rotatable bonds is 5. The summed E-state index contributed by atoms with van der Waals surface area (Å²) in [5.41, 5.74) is 0.780. The van der Waals surface area contributed by atoms with Crippen molar-refractivity contribution in [2.24, 2.45) is 5.92 Å². The number of carboxylic acids is 2. The second kappa shape index (κ2) is 7.14. The van der Waals surface area contributed by atoms with E-state index in [-0.39, 0.29) is 15.8 Å². The van der Waals surface area contributed by atoms with Gasteiger partial charge in [0, 0.05) is 0 Å². The number of aromatic carboxylic acids is 1. The van der Waals surface area contributed by atoms with Crippen molar-refractivity contribution in [2.75, 3.05) is 0 Å². The first kappa shape index (κ1) is 18.2. The summed E-state index contributed by atoms with van der Waals surface area (Å²) in [5.74, 6) is -2.88. The molecular weight excluding hydrogens is 350 g/mol. The van der Waals surface area contributed by atoms with Gasteiger partial charge in [0.2, 0.25) is 0 Å². The van der Waals surface area contributed by atoms with E-state index in [9.17, 15) is 19.5 Å². The van der Waals surface area contributed by atoms with Gasteiger partial charge in [-0.05, 0) is 29.7 Å². The van der Waals surface area contributed by atoms with Gasteiger partial charge in [-0.15, -0.1) is 0 Å². The van der Waals surface area contributed by atoms with Gasteiger partial charge in [-0.25, -0.2) is 9.59 Å². The number of benzene rings is 1. The maximum atomic E-state index is 12.5. The van der Waals surface area contributed by atoms with E-state index in [1.807, 2.05) is 0 Å². The molecule has 6 nitrogen and oxygen atoms in total. The zero-order valence-electron chi connectivity index (χ0n) is 12.9. The fourth-order valence-electron chi connectivity index (χ4n) is 2.29. The van der Waals surface area contributed by atoms with Gasteiger partial charge in [-0.1, -0.05) is 50.0 Å². The van der Waals surface area contributed by atoms with Crippen LogP contribution in [0.25, 0.3) is 6.08 Å². The van der Waals surface area contributed by atoms with Gasteiger partial charge in [-0.3, -0.25) is 9.69 Å². The van der Waals surface area contributed by atoms with Crippen molar-refractivity contribution in [2.45, 2.75) is 19.9 Å². The van der Waals surface area contributed by atoms with Gasteiger partial charge < -0.3 is 10.2 Å². The molecule has 0 spiro atoms. The molecule has 0 saturated carbocycles. The fraction of sp³-hybridized carbons (Fsp3) is 0.250. The molecule has 1 aliphatic rings. The molecule has 1 amide bonds. The quantitative estimate of drug-likeness (QED) is 0.612. The number of amides is 1. The van der Waals surface area contributed by atoms with Crippen molar-refractivity contribution in [3.05, 3.63) is 40.3 Å². The standard InChI is InChI=1S/C16H15NO5S2/c1-8(2)12(15(21)22)17-13(18)11(24-16(17)23)7-9-3-5-10(6-4-9)14(19)20/h3-8,12H,1-2H3,(H,19,20)(H,21,22). The molecule has 0 aromatic heterocycles. The van der Waals surface area contributed by atoms with Crippen LogP contribution in [0.2, 0.25) is 0 Å². The van der Waals surface area contributed by atoms with Gasteiger partial charge in [-0.2, -0.15) is 0 Å². The summed E-state index contributed by atoms with van der Waals surface area (Å²) in [4.78, 5) is 36.3. The number of carbonyl (C=O) groups excluding carboxylic acids is 1. The Balaban J connectivity index is 2.30. The molecule has 1 fully saturated rings. The summed E-state index contributed by atoms with van der Waals surface area (Å²) in [5, 5.41) is 18.2. The highest BCUT2D eigenvalue weighted by Crippen LogP contribution is 2.35. The van der Waals surface area contributed by atoms with E-state index in [1.54, 1.807) is 32.1 Å². The van der Waals surface area contributed by atoms with E-state index in [2.05, 4.69) is 0 Å². The van der Waals surface area contributed by atoms with Crippen LogP contribution in [0.1, 0.15) is 29.8 Å². The van der Waals surface area contributed by atoms with Gasteiger partial charge >= 0.3 is 11.9 Å². The third-order valence-corrected chi connectivity index (χ3v) is 4.77. The van der Waals surface area contributed by atoms with Crippen LogP contribution >= 0.6 is 24.0 Å². The Morgan fingerprint density at radius 3 is 2.25 bits per heavy atom. The lowest BCUT2D eigenvalue weighted by molar-refractivity contribution is -0.146. The SMILES string of the molecule is CC(C)C(C(=O)O)N1C(=O)C(=Cc2ccc(C(=O)O)cc2)SC1=S. The molecule has 0 aliphatic carbocycles. The number of hydrogen-bond acceptors (Lipinski definition) is 5. The van der Waals surface area contributed by atoms with Crippen molar-refractivity contribution in [3.8, 4) is 0 Å². The number of carboxylic acid groups (broad SMARTS) is 2. The third-order valence-electron chi connectivity index (χ3n) is 3.44. The highest BCUT2D eigenvalue weighted by atomic mass is 32.2.